The van der Waals surface area contributed by atoms with Crippen molar-refractivity contribution in [1.82, 2.24) is 10.1 Å². The van der Waals surface area contributed by atoms with Gasteiger partial charge in [-0.15, -0.1) is 0 Å². The number of carbonyl (C=O) groups is 1. The molecule has 2 aromatic rings. The quantitative estimate of drug-likeness (QED) is 0.914. The van der Waals surface area contributed by atoms with Crippen molar-refractivity contribution in [3.8, 4) is 17.5 Å². The van der Waals surface area contributed by atoms with Gasteiger partial charge in [0.05, 0.1) is 11.6 Å². The number of benzene rings is 1. The first-order chi connectivity index (χ1) is 10.7. The van der Waals surface area contributed by atoms with Crippen molar-refractivity contribution >= 4 is 11.9 Å². The highest BCUT2D eigenvalue weighted by atomic mass is 16.5. The molecule has 1 aliphatic rings. The van der Waals surface area contributed by atoms with E-state index in [1.54, 1.807) is 24.3 Å². The van der Waals surface area contributed by atoms with E-state index in [2.05, 4.69) is 16.2 Å². The number of hydrogen-bond donors (Lipinski definition) is 1. The Bertz CT molecular complexity index is 708. The molecule has 1 aliphatic heterocycles. The summed E-state index contributed by atoms with van der Waals surface area (Å²) in [6.45, 7) is 1.34. The zero-order valence-electron chi connectivity index (χ0n) is 11.9. The fourth-order valence-electron chi connectivity index (χ4n) is 2.51. The molecule has 1 amide bonds. The van der Waals surface area contributed by atoms with Crippen molar-refractivity contribution in [3.05, 3.63) is 29.8 Å². The maximum absolute atomic E-state index is 11.2. The summed E-state index contributed by atoms with van der Waals surface area (Å²) >= 11 is 0. The van der Waals surface area contributed by atoms with Crippen molar-refractivity contribution in [3.63, 3.8) is 0 Å². The first-order valence-corrected chi connectivity index (χ1v) is 7.06. The Hall–Kier alpha value is -2.88. The minimum atomic E-state index is -0.247. The van der Waals surface area contributed by atoms with E-state index >= 15 is 0 Å². The zero-order valence-corrected chi connectivity index (χ0v) is 11.9. The number of primary amides is 1. The van der Waals surface area contributed by atoms with Gasteiger partial charge in [0.2, 0.25) is 11.7 Å². The Morgan fingerprint density at radius 3 is 2.59 bits per heavy atom. The average Bonchev–Trinajstić information content (AvgIpc) is 3.05. The molecular formula is C15H15N5O2. The zero-order chi connectivity index (χ0) is 15.5. The maximum Gasteiger partial charge on any atom is 0.324 e. The summed E-state index contributed by atoms with van der Waals surface area (Å²) in [6, 6.07) is 9.50. The highest BCUT2D eigenvalue weighted by Crippen LogP contribution is 2.24. The normalized spacial score (nSPS) is 15.5. The molecule has 3 rings (SSSR count). The molecule has 0 atom stereocenters. The largest absolute Gasteiger partial charge is 0.369 e. The van der Waals surface area contributed by atoms with Crippen molar-refractivity contribution in [2.24, 2.45) is 11.7 Å². The molecule has 0 bridgehead atoms. The van der Waals surface area contributed by atoms with Crippen LogP contribution in [0.2, 0.25) is 0 Å². The van der Waals surface area contributed by atoms with Gasteiger partial charge in [-0.3, -0.25) is 4.79 Å². The molecule has 7 nitrogen and oxygen atoms in total. The third-order valence-corrected chi connectivity index (χ3v) is 3.86. The van der Waals surface area contributed by atoms with E-state index in [1.807, 2.05) is 4.90 Å². The van der Waals surface area contributed by atoms with Gasteiger partial charge in [0.1, 0.15) is 0 Å². The van der Waals surface area contributed by atoms with E-state index in [0.717, 1.165) is 5.56 Å². The molecule has 0 saturated carbocycles. The molecule has 112 valence electrons. The molecule has 22 heavy (non-hydrogen) atoms. The van der Waals surface area contributed by atoms with E-state index in [4.69, 9.17) is 15.5 Å². The van der Waals surface area contributed by atoms with E-state index in [1.165, 1.54) is 0 Å². The van der Waals surface area contributed by atoms with Crippen molar-refractivity contribution in [2.45, 2.75) is 12.8 Å². The van der Waals surface area contributed by atoms with Gasteiger partial charge in [0.15, 0.2) is 0 Å². The summed E-state index contributed by atoms with van der Waals surface area (Å²) in [4.78, 5) is 17.5. The van der Waals surface area contributed by atoms with E-state index in [-0.39, 0.29) is 11.8 Å². The molecule has 2 heterocycles. The van der Waals surface area contributed by atoms with Crippen LogP contribution in [0.15, 0.2) is 28.8 Å². The van der Waals surface area contributed by atoms with Crippen LogP contribution in [-0.4, -0.2) is 29.1 Å². The molecule has 1 saturated heterocycles. The lowest BCUT2D eigenvalue weighted by Gasteiger charge is -2.28. The van der Waals surface area contributed by atoms with Crippen LogP contribution in [0, 0.1) is 17.2 Å². The van der Waals surface area contributed by atoms with Crippen molar-refractivity contribution < 1.29 is 9.32 Å². The smallest absolute Gasteiger partial charge is 0.324 e. The summed E-state index contributed by atoms with van der Waals surface area (Å²) in [7, 11) is 0. The van der Waals surface area contributed by atoms with Gasteiger partial charge in [-0.2, -0.15) is 10.2 Å². The number of nitriles is 1. The Balaban J connectivity index is 1.71. The first kappa shape index (κ1) is 14.1. The lowest BCUT2D eigenvalue weighted by Crippen LogP contribution is -2.38. The standard InChI is InChI=1S/C15H15N5O2/c16-9-10-1-3-12(4-2-10)14-18-15(22-19-14)20-7-5-11(6-8-20)13(17)21/h1-4,11H,5-8H2,(H2,17,21). The Labute approximate surface area is 127 Å². The molecule has 2 N–H and O–H groups in total. The second-order valence-corrected chi connectivity index (χ2v) is 5.25. The molecular weight excluding hydrogens is 282 g/mol. The third kappa shape index (κ3) is 2.76. The first-order valence-electron chi connectivity index (χ1n) is 7.06. The monoisotopic (exact) mass is 297 g/mol. The Kier molecular flexibility index (Phi) is 3.74. The minimum absolute atomic E-state index is 0.0721. The molecule has 1 aromatic heterocycles. The van der Waals surface area contributed by atoms with E-state index < -0.39 is 0 Å². The summed E-state index contributed by atoms with van der Waals surface area (Å²) in [5, 5.41) is 12.8. The highest BCUT2D eigenvalue weighted by molar-refractivity contribution is 5.76. The summed E-state index contributed by atoms with van der Waals surface area (Å²) in [5.74, 6) is 0.164. The number of amides is 1. The van der Waals surface area contributed by atoms with Gasteiger partial charge in [0.25, 0.3) is 0 Å². The van der Waals surface area contributed by atoms with Crippen LogP contribution in [0.1, 0.15) is 18.4 Å². The number of nitrogens with two attached hydrogens (primary N) is 1. The lowest BCUT2D eigenvalue weighted by molar-refractivity contribution is -0.122. The lowest BCUT2D eigenvalue weighted by atomic mass is 9.97. The Morgan fingerprint density at radius 1 is 1.32 bits per heavy atom. The Morgan fingerprint density at radius 2 is 2.00 bits per heavy atom. The van der Waals surface area contributed by atoms with Gasteiger partial charge >= 0.3 is 6.01 Å². The molecule has 0 radical (unpaired) electrons. The number of anilines is 1. The summed E-state index contributed by atoms with van der Waals surface area (Å²) in [6.07, 6.45) is 1.40. The number of aromatic nitrogens is 2. The SMILES string of the molecule is N#Cc1ccc(-c2noc(N3CCC(C(N)=O)CC3)n2)cc1. The fraction of sp³-hybridized carbons (Fsp3) is 0.333. The number of hydrogen-bond acceptors (Lipinski definition) is 6. The third-order valence-electron chi connectivity index (χ3n) is 3.86. The van der Waals surface area contributed by atoms with E-state index in [9.17, 15) is 4.79 Å². The number of piperidine rings is 1. The minimum Gasteiger partial charge on any atom is -0.369 e. The van der Waals surface area contributed by atoms with Crippen LogP contribution in [-0.2, 0) is 4.79 Å². The molecule has 1 aromatic carbocycles. The second kappa shape index (κ2) is 5.85. The predicted octanol–water partition coefficient (Wildman–Crippen LogP) is 1.31. The van der Waals surface area contributed by atoms with Crippen LogP contribution < -0.4 is 10.6 Å². The molecule has 0 spiro atoms. The summed E-state index contributed by atoms with van der Waals surface area (Å²) in [5.41, 5.74) is 6.70. The molecule has 0 unspecified atom stereocenters. The van der Waals surface area contributed by atoms with Gasteiger partial charge in [-0.05, 0) is 37.1 Å². The van der Waals surface area contributed by atoms with Crippen LogP contribution >= 0.6 is 0 Å². The van der Waals surface area contributed by atoms with Gasteiger partial charge in [0, 0.05) is 24.6 Å². The van der Waals surface area contributed by atoms with Gasteiger partial charge in [-0.25, -0.2) is 0 Å². The molecule has 1 fully saturated rings. The number of rotatable bonds is 3. The van der Waals surface area contributed by atoms with Gasteiger partial charge < -0.3 is 15.2 Å². The van der Waals surface area contributed by atoms with E-state index in [0.29, 0.717) is 43.3 Å². The van der Waals surface area contributed by atoms with Crippen LogP contribution in [0.25, 0.3) is 11.4 Å². The van der Waals surface area contributed by atoms with Crippen LogP contribution in [0.4, 0.5) is 6.01 Å². The molecule has 7 heteroatoms. The van der Waals surface area contributed by atoms with Crippen molar-refractivity contribution in [2.75, 3.05) is 18.0 Å². The fourth-order valence-corrected chi connectivity index (χ4v) is 2.51. The molecule has 0 aliphatic carbocycles. The topological polar surface area (TPSA) is 109 Å². The highest BCUT2D eigenvalue weighted by Gasteiger charge is 2.26. The maximum atomic E-state index is 11.2. The number of nitrogens with zero attached hydrogens (tertiary/aromatic N) is 4. The average molecular weight is 297 g/mol. The van der Waals surface area contributed by atoms with Gasteiger partial charge in [-0.1, -0.05) is 5.16 Å². The van der Waals surface area contributed by atoms with Crippen LogP contribution in [0.3, 0.4) is 0 Å². The second-order valence-electron chi connectivity index (χ2n) is 5.25. The predicted molar refractivity (Wildman–Crippen MR) is 78.6 cm³/mol. The van der Waals surface area contributed by atoms with Crippen molar-refractivity contribution in [1.29, 1.82) is 5.26 Å². The summed E-state index contributed by atoms with van der Waals surface area (Å²) < 4.78 is 5.29. The van der Waals surface area contributed by atoms with Crippen LogP contribution in [0.5, 0.6) is 0 Å². The number of carbonyl (C=O) groups excluding carboxylic acids is 1.